The molecule has 1 aliphatic carbocycles. The second kappa shape index (κ2) is 7.99. The van der Waals surface area contributed by atoms with E-state index in [1.54, 1.807) is 0 Å². The first-order valence-corrected chi connectivity index (χ1v) is 8.27. The highest BCUT2D eigenvalue weighted by atomic mass is 16.5. The molecule has 1 N–H and O–H groups in total. The van der Waals surface area contributed by atoms with Crippen molar-refractivity contribution in [3.05, 3.63) is 0 Å². The van der Waals surface area contributed by atoms with Crippen LogP contribution in [0.3, 0.4) is 0 Å². The molecule has 0 bridgehead atoms. The van der Waals surface area contributed by atoms with Crippen LogP contribution >= 0.6 is 0 Å². The molecule has 1 saturated heterocycles. The molecule has 116 valence electrons. The minimum atomic E-state index is 0.282. The predicted molar refractivity (Wildman–Crippen MR) is 80.7 cm³/mol. The van der Waals surface area contributed by atoms with Crippen LogP contribution in [-0.2, 0) is 9.53 Å². The van der Waals surface area contributed by atoms with Crippen molar-refractivity contribution in [3.8, 4) is 0 Å². The largest absolute Gasteiger partial charge is 0.375 e. The third-order valence-corrected chi connectivity index (χ3v) is 4.73. The highest BCUT2D eigenvalue weighted by Crippen LogP contribution is 2.28. The lowest BCUT2D eigenvalue weighted by atomic mass is 9.88. The van der Waals surface area contributed by atoms with Crippen LogP contribution in [0.25, 0.3) is 0 Å². The smallest absolute Gasteiger partial charge is 0.223 e. The molecule has 4 heteroatoms. The van der Waals surface area contributed by atoms with Gasteiger partial charge in [-0.05, 0) is 51.5 Å². The van der Waals surface area contributed by atoms with Gasteiger partial charge in [0.1, 0.15) is 0 Å². The molecule has 2 rings (SSSR count). The van der Waals surface area contributed by atoms with Crippen molar-refractivity contribution >= 4 is 5.91 Å². The summed E-state index contributed by atoms with van der Waals surface area (Å²) in [6, 6.07) is 0. The van der Waals surface area contributed by atoms with E-state index in [1.165, 1.54) is 25.7 Å². The molecule has 1 aliphatic heterocycles. The molecule has 0 spiro atoms. The SMILES string of the molecule is CNCCC(=O)N1CCC(OC2CCC(C)CC2)CC1. The highest BCUT2D eigenvalue weighted by molar-refractivity contribution is 5.76. The molecule has 0 atom stereocenters. The number of hydrogen-bond acceptors (Lipinski definition) is 3. The van der Waals surface area contributed by atoms with Crippen molar-refractivity contribution in [2.75, 3.05) is 26.7 Å². The van der Waals surface area contributed by atoms with Crippen LogP contribution in [0.2, 0.25) is 0 Å². The molecular formula is C16H30N2O2. The summed E-state index contributed by atoms with van der Waals surface area (Å²) in [5, 5.41) is 3.03. The summed E-state index contributed by atoms with van der Waals surface area (Å²) in [4.78, 5) is 13.9. The van der Waals surface area contributed by atoms with Crippen LogP contribution < -0.4 is 5.32 Å². The minimum absolute atomic E-state index is 0.282. The predicted octanol–water partition coefficient (Wildman–Crippen LogP) is 2.18. The van der Waals surface area contributed by atoms with E-state index in [-0.39, 0.29) is 5.91 Å². The van der Waals surface area contributed by atoms with E-state index in [0.29, 0.717) is 18.6 Å². The summed E-state index contributed by atoms with van der Waals surface area (Å²) >= 11 is 0. The maximum absolute atomic E-state index is 11.9. The number of hydrogen-bond donors (Lipinski definition) is 1. The van der Waals surface area contributed by atoms with Crippen LogP contribution in [0.1, 0.15) is 51.9 Å². The van der Waals surface area contributed by atoms with E-state index in [9.17, 15) is 4.79 Å². The summed E-state index contributed by atoms with van der Waals surface area (Å²) < 4.78 is 6.24. The lowest BCUT2D eigenvalue weighted by molar-refractivity contribution is -0.135. The fourth-order valence-electron chi connectivity index (χ4n) is 3.27. The lowest BCUT2D eigenvalue weighted by Crippen LogP contribution is -2.42. The van der Waals surface area contributed by atoms with Gasteiger partial charge in [-0.3, -0.25) is 4.79 Å². The van der Waals surface area contributed by atoms with Crippen LogP contribution in [0.5, 0.6) is 0 Å². The number of likely N-dealkylation sites (tertiary alicyclic amines) is 1. The molecule has 1 saturated carbocycles. The van der Waals surface area contributed by atoms with Crippen LogP contribution in [0, 0.1) is 5.92 Å². The zero-order chi connectivity index (χ0) is 14.4. The van der Waals surface area contributed by atoms with E-state index in [4.69, 9.17) is 4.74 Å². The van der Waals surface area contributed by atoms with E-state index < -0.39 is 0 Å². The van der Waals surface area contributed by atoms with Crippen molar-refractivity contribution in [2.24, 2.45) is 5.92 Å². The van der Waals surface area contributed by atoms with E-state index in [0.717, 1.165) is 38.4 Å². The molecule has 0 aromatic carbocycles. The van der Waals surface area contributed by atoms with Crippen molar-refractivity contribution in [2.45, 2.75) is 64.1 Å². The number of carbonyl (C=O) groups is 1. The summed E-state index contributed by atoms with van der Waals surface area (Å²) in [6.45, 7) is 4.85. The summed E-state index contributed by atoms with van der Waals surface area (Å²) in [7, 11) is 1.89. The Hall–Kier alpha value is -0.610. The van der Waals surface area contributed by atoms with E-state index in [1.807, 2.05) is 11.9 Å². The number of nitrogens with one attached hydrogen (secondary N) is 1. The van der Waals surface area contributed by atoms with Crippen molar-refractivity contribution in [1.82, 2.24) is 10.2 Å². The first kappa shape index (κ1) is 15.8. The molecule has 20 heavy (non-hydrogen) atoms. The summed E-state index contributed by atoms with van der Waals surface area (Å²) in [6.07, 6.45) is 8.56. The van der Waals surface area contributed by atoms with Gasteiger partial charge in [0.2, 0.25) is 5.91 Å². The number of rotatable bonds is 5. The summed E-state index contributed by atoms with van der Waals surface area (Å²) in [5.41, 5.74) is 0. The van der Waals surface area contributed by atoms with Gasteiger partial charge in [-0.2, -0.15) is 0 Å². The number of carbonyl (C=O) groups excluding carboxylic acids is 1. The van der Waals surface area contributed by atoms with E-state index in [2.05, 4.69) is 12.2 Å². The van der Waals surface area contributed by atoms with E-state index >= 15 is 0 Å². The third kappa shape index (κ3) is 4.74. The van der Waals surface area contributed by atoms with Gasteiger partial charge in [-0.1, -0.05) is 6.92 Å². The quantitative estimate of drug-likeness (QED) is 0.840. The monoisotopic (exact) mass is 282 g/mol. The second-order valence-electron chi connectivity index (χ2n) is 6.45. The highest BCUT2D eigenvalue weighted by Gasteiger charge is 2.26. The molecule has 0 aromatic rings. The standard InChI is InChI=1S/C16H30N2O2/c1-13-3-5-14(6-4-13)20-15-8-11-18(12-9-15)16(19)7-10-17-2/h13-15,17H,3-12H2,1-2H3. The average Bonchev–Trinajstić information content (AvgIpc) is 2.48. The molecule has 1 amide bonds. The maximum atomic E-state index is 11.9. The molecule has 0 aromatic heterocycles. The molecular weight excluding hydrogens is 252 g/mol. The normalized spacial score (nSPS) is 28.6. The van der Waals surface area contributed by atoms with Gasteiger partial charge in [0.05, 0.1) is 12.2 Å². The molecule has 0 radical (unpaired) electrons. The second-order valence-corrected chi connectivity index (χ2v) is 6.45. The molecule has 2 aliphatic rings. The fraction of sp³-hybridized carbons (Fsp3) is 0.938. The Morgan fingerprint density at radius 3 is 2.30 bits per heavy atom. The number of nitrogens with zero attached hydrogens (tertiary/aromatic N) is 1. The zero-order valence-corrected chi connectivity index (χ0v) is 13.1. The Balaban J connectivity index is 1.65. The minimum Gasteiger partial charge on any atom is -0.375 e. The first-order chi connectivity index (χ1) is 9.69. The number of amides is 1. The Morgan fingerprint density at radius 1 is 1.10 bits per heavy atom. The fourth-order valence-corrected chi connectivity index (χ4v) is 3.27. The average molecular weight is 282 g/mol. The van der Waals surface area contributed by atoms with Gasteiger partial charge in [0, 0.05) is 26.1 Å². The lowest BCUT2D eigenvalue weighted by Gasteiger charge is -2.35. The van der Waals surface area contributed by atoms with Gasteiger partial charge in [0.25, 0.3) is 0 Å². The maximum Gasteiger partial charge on any atom is 0.223 e. The van der Waals surface area contributed by atoms with Gasteiger partial charge in [-0.15, -0.1) is 0 Å². The van der Waals surface area contributed by atoms with Gasteiger partial charge < -0.3 is 15.0 Å². The molecule has 1 heterocycles. The van der Waals surface area contributed by atoms with Crippen molar-refractivity contribution in [1.29, 1.82) is 0 Å². The van der Waals surface area contributed by atoms with Gasteiger partial charge >= 0.3 is 0 Å². The molecule has 4 nitrogen and oxygen atoms in total. The van der Waals surface area contributed by atoms with Crippen molar-refractivity contribution < 1.29 is 9.53 Å². The number of ether oxygens (including phenoxy) is 1. The Kier molecular flexibility index (Phi) is 6.30. The van der Waals surface area contributed by atoms with Crippen LogP contribution in [0.15, 0.2) is 0 Å². The molecule has 2 fully saturated rings. The zero-order valence-electron chi connectivity index (χ0n) is 13.1. The Labute approximate surface area is 123 Å². The number of piperidine rings is 1. The van der Waals surface area contributed by atoms with Crippen LogP contribution in [-0.4, -0.2) is 49.7 Å². The summed E-state index contributed by atoms with van der Waals surface area (Å²) in [5.74, 6) is 1.16. The molecule has 0 unspecified atom stereocenters. The van der Waals surface area contributed by atoms with Crippen molar-refractivity contribution in [3.63, 3.8) is 0 Å². The van der Waals surface area contributed by atoms with Crippen LogP contribution in [0.4, 0.5) is 0 Å². The topological polar surface area (TPSA) is 41.6 Å². The van der Waals surface area contributed by atoms with Gasteiger partial charge in [0.15, 0.2) is 0 Å². The first-order valence-electron chi connectivity index (χ1n) is 8.27. The van der Waals surface area contributed by atoms with Gasteiger partial charge in [-0.25, -0.2) is 0 Å². The Morgan fingerprint density at radius 2 is 1.70 bits per heavy atom. The third-order valence-electron chi connectivity index (χ3n) is 4.73. The Bertz CT molecular complexity index is 293.